The van der Waals surface area contributed by atoms with Crippen LogP contribution in [0.5, 0.6) is 11.5 Å². The molecular weight excluding hydrogens is 440 g/mol. The molecule has 0 saturated carbocycles. The number of carboxylic acids is 1. The molecule has 0 aliphatic heterocycles. The number of carbonyl (C=O) groups is 2. The van der Waals surface area contributed by atoms with Gasteiger partial charge in [0.1, 0.15) is 0 Å². The van der Waals surface area contributed by atoms with Crippen LogP contribution in [-0.2, 0) is 22.4 Å². The lowest BCUT2D eigenvalue weighted by Crippen LogP contribution is -2.49. The van der Waals surface area contributed by atoms with Crippen molar-refractivity contribution in [3.05, 3.63) is 69.7 Å². The number of para-hydroxylation sites is 1. The maximum atomic E-state index is 12.7. The molecule has 0 fully saturated rings. The Bertz CT molecular complexity index is 1450. The van der Waals surface area contributed by atoms with Gasteiger partial charge in [-0.3, -0.25) is 4.79 Å². The molecule has 0 aliphatic rings. The van der Waals surface area contributed by atoms with Crippen molar-refractivity contribution in [2.45, 2.75) is 25.8 Å². The van der Waals surface area contributed by atoms with E-state index in [-0.39, 0.29) is 29.7 Å². The first-order chi connectivity index (χ1) is 16.3. The summed E-state index contributed by atoms with van der Waals surface area (Å²) in [4.78, 5) is 40.3. The van der Waals surface area contributed by atoms with E-state index >= 15 is 0 Å². The first kappa shape index (κ1) is 22.9. The van der Waals surface area contributed by atoms with Gasteiger partial charge < -0.3 is 34.1 Å². The minimum Gasteiger partial charge on any atom is -0.548 e. The van der Waals surface area contributed by atoms with Crippen molar-refractivity contribution in [1.29, 1.82) is 0 Å². The maximum absolute atomic E-state index is 12.7. The van der Waals surface area contributed by atoms with Crippen LogP contribution in [-0.4, -0.2) is 37.1 Å². The van der Waals surface area contributed by atoms with Crippen LogP contribution < -0.4 is 25.5 Å². The van der Waals surface area contributed by atoms with Crippen LogP contribution in [0, 0.1) is 6.92 Å². The molecule has 4 aromatic rings. The van der Waals surface area contributed by atoms with Crippen molar-refractivity contribution in [3.8, 4) is 11.5 Å². The van der Waals surface area contributed by atoms with Gasteiger partial charge >= 0.3 is 5.63 Å². The fourth-order valence-corrected chi connectivity index (χ4v) is 4.09. The predicted molar refractivity (Wildman–Crippen MR) is 123 cm³/mol. The molecule has 2 aromatic heterocycles. The third-order valence-corrected chi connectivity index (χ3v) is 5.85. The monoisotopic (exact) mass is 463 g/mol. The number of carbonyl (C=O) groups excluding carboxylic acids is 2. The summed E-state index contributed by atoms with van der Waals surface area (Å²) < 4.78 is 16.0. The number of H-pyrrole nitrogens is 1. The van der Waals surface area contributed by atoms with E-state index in [1.807, 2.05) is 24.3 Å². The van der Waals surface area contributed by atoms with Gasteiger partial charge in [-0.25, -0.2) is 4.79 Å². The van der Waals surface area contributed by atoms with E-state index in [0.29, 0.717) is 16.7 Å². The molecule has 2 N–H and O–H groups in total. The van der Waals surface area contributed by atoms with E-state index in [0.717, 1.165) is 16.5 Å². The lowest BCUT2D eigenvalue weighted by atomic mass is 10.0. The van der Waals surface area contributed by atoms with E-state index in [1.54, 1.807) is 25.3 Å². The summed E-state index contributed by atoms with van der Waals surface area (Å²) in [6, 6.07) is 9.55. The van der Waals surface area contributed by atoms with Crippen LogP contribution in [0.4, 0.5) is 0 Å². The van der Waals surface area contributed by atoms with Gasteiger partial charge in [0.2, 0.25) is 11.7 Å². The van der Waals surface area contributed by atoms with Crippen molar-refractivity contribution >= 4 is 33.7 Å². The van der Waals surface area contributed by atoms with Gasteiger partial charge in [-0.2, -0.15) is 0 Å². The topological polar surface area (TPSA) is 134 Å². The summed E-state index contributed by atoms with van der Waals surface area (Å²) in [6.07, 6.45) is 1.38. The molecule has 1 amide bonds. The van der Waals surface area contributed by atoms with Gasteiger partial charge in [0.05, 0.1) is 38.2 Å². The number of hydrogen-bond donors (Lipinski definition) is 2. The lowest BCUT2D eigenvalue weighted by Gasteiger charge is -2.20. The number of aromatic nitrogens is 1. The fraction of sp³-hybridized carbons (Fsp3) is 0.240. The van der Waals surface area contributed by atoms with Crippen LogP contribution in [0.25, 0.3) is 21.9 Å². The Morgan fingerprint density at radius 2 is 1.88 bits per heavy atom. The zero-order valence-corrected chi connectivity index (χ0v) is 18.9. The maximum Gasteiger partial charge on any atom is 0.340 e. The summed E-state index contributed by atoms with van der Waals surface area (Å²) in [5, 5.41) is 15.7. The highest BCUT2D eigenvalue weighted by Crippen LogP contribution is 2.36. The number of rotatable bonds is 8. The van der Waals surface area contributed by atoms with Gasteiger partial charge in [-0.15, -0.1) is 0 Å². The predicted octanol–water partition coefficient (Wildman–Crippen LogP) is 1.62. The number of ether oxygens (including phenoxy) is 2. The Labute approximate surface area is 194 Å². The molecule has 0 radical (unpaired) electrons. The van der Waals surface area contributed by atoms with E-state index in [4.69, 9.17) is 13.9 Å². The van der Waals surface area contributed by atoms with Gasteiger partial charge in [-0.1, -0.05) is 18.2 Å². The van der Waals surface area contributed by atoms with Gasteiger partial charge in [0.15, 0.2) is 11.3 Å². The molecule has 9 nitrogen and oxygen atoms in total. The zero-order valence-electron chi connectivity index (χ0n) is 18.9. The second-order valence-corrected chi connectivity index (χ2v) is 7.85. The highest BCUT2D eigenvalue weighted by molar-refractivity contribution is 5.91. The number of nitrogens with one attached hydrogen (secondary N) is 2. The molecule has 34 heavy (non-hydrogen) atoms. The van der Waals surface area contributed by atoms with Crippen LogP contribution in [0.2, 0.25) is 0 Å². The normalized spacial score (nSPS) is 12.0. The van der Waals surface area contributed by atoms with Crippen molar-refractivity contribution in [2.75, 3.05) is 14.2 Å². The Morgan fingerprint density at radius 3 is 2.59 bits per heavy atom. The summed E-state index contributed by atoms with van der Waals surface area (Å²) in [6.45, 7) is 1.69. The average molecular weight is 463 g/mol. The van der Waals surface area contributed by atoms with Crippen molar-refractivity contribution in [1.82, 2.24) is 10.3 Å². The molecule has 0 spiro atoms. The Balaban J connectivity index is 1.59. The summed E-state index contributed by atoms with van der Waals surface area (Å²) in [5.74, 6) is -1.38. The molecule has 9 heteroatoms. The number of aryl methyl sites for hydroxylation is 1. The smallest absolute Gasteiger partial charge is 0.340 e. The molecule has 0 aliphatic carbocycles. The van der Waals surface area contributed by atoms with Gasteiger partial charge in [-0.05, 0) is 36.2 Å². The molecule has 4 rings (SSSR count). The molecule has 0 unspecified atom stereocenters. The van der Waals surface area contributed by atoms with Crippen LogP contribution in [0.1, 0.15) is 16.7 Å². The van der Waals surface area contributed by atoms with E-state index in [9.17, 15) is 19.5 Å². The first-order valence-electron chi connectivity index (χ1n) is 10.6. The molecule has 176 valence electrons. The SMILES string of the molecule is COc1ccc2c(C)c(CC(=O)N[C@@H](Cc3c[nH]c4ccccc34)C(=O)[O-])c(=O)oc2c1OC. The van der Waals surface area contributed by atoms with Crippen LogP contribution >= 0.6 is 0 Å². The van der Waals surface area contributed by atoms with Gasteiger partial charge in [0.25, 0.3) is 0 Å². The van der Waals surface area contributed by atoms with Crippen molar-refractivity contribution in [3.63, 3.8) is 0 Å². The number of fused-ring (bicyclic) bond motifs is 2. The van der Waals surface area contributed by atoms with Crippen LogP contribution in [0.15, 0.2) is 51.8 Å². The van der Waals surface area contributed by atoms with Crippen molar-refractivity contribution < 1.29 is 28.6 Å². The quantitative estimate of drug-likeness (QED) is 0.379. The summed E-state index contributed by atoms with van der Waals surface area (Å²) in [5.41, 5.74) is 1.74. The Hall–Kier alpha value is -4.27. The lowest BCUT2D eigenvalue weighted by molar-refractivity contribution is -0.308. The summed E-state index contributed by atoms with van der Waals surface area (Å²) in [7, 11) is 2.90. The minimum atomic E-state index is -1.42. The average Bonchev–Trinajstić information content (AvgIpc) is 3.23. The second kappa shape index (κ2) is 9.30. The highest BCUT2D eigenvalue weighted by Gasteiger charge is 2.22. The number of carboxylic acid groups (broad SMARTS) is 1. The highest BCUT2D eigenvalue weighted by atomic mass is 16.5. The van der Waals surface area contributed by atoms with Crippen molar-refractivity contribution in [2.24, 2.45) is 0 Å². The Kier molecular flexibility index (Phi) is 6.27. The molecule has 2 aromatic carbocycles. The van der Waals surface area contributed by atoms with Gasteiger partial charge in [0, 0.05) is 28.9 Å². The standard InChI is InChI=1S/C25H24N2O7/c1-13-15-8-9-20(32-2)23(33-3)22(15)34-25(31)17(13)11-21(28)27-19(24(29)30)10-14-12-26-18-7-5-4-6-16(14)18/h4-9,12,19,26H,10-11H2,1-3H3,(H,27,28)(H,29,30)/p-1/t19-/m0/s1. The van der Waals surface area contributed by atoms with E-state index in [2.05, 4.69) is 10.3 Å². The number of methoxy groups -OCH3 is 2. The molecule has 1 atom stereocenters. The first-order valence-corrected chi connectivity index (χ1v) is 10.6. The fourth-order valence-electron chi connectivity index (χ4n) is 4.09. The third-order valence-electron chi connectivity index (χ3n) is 5.85. The number of aromatic amines is 1. The van der Waals surface area contributed by atoms with E-state index < -0.39 is 23.5 Å². The molecule has 0 bridgehead atoms. The third kappa shape index (κ3) is 4.19. The summed E-state index contributed by atoms with van der Waals surface area (Å²) >= 11 is 0. The molecule has 2 heterocycles. The zero-order chi connectivity index (χ0) is 24.4. The number of aliphatic carboxylic acids is 1. The van der Waals surface area contributed by atoms with E-state index in [1.165, 1.54) is 14.2 Å². The second-order valence-electron chi connectivity index (χ2n) is 7.85. The number of amides is 1. The van der Waals surface area contributed by atoms with Crippen LogP contribution in [0.3, 0.4) is 0 Å². The number of hydrogen-bond acceptors (Lipinski definition) is 7. The molecular formula is C25H23N2O7-. The number of benzene rings is 2. The molecule has 0 saturated heterocycles. The largest absolute Gasteiger partial charge is 0.548 e. The Morgan fingerprint density at radius 1 is 1.12 bits per heavy atom. The minimum absolute atomic E-state index is 0.0282.